The molecule has 0 saturated carbocycles. The Hall–Kier alpha value is -1.68. The van der Waals surface area contributed by atoms with E-state index >= 15 is 0 Å². The molecule has 1 aromatic carbocycles. The van der Waals surface area contributed by atoms with Gasteiger partial charge in [-0.25, -0.2) is 4.79 Å². The number of benzene rings is 1. The fourth-order valence-electron chi connectivity index (χ4n) is 1.56. The van der Waals surface area contributed by atoms with Crippen molar-refractivity contribution in [2.75, 3.05) is 18.3 Å². The molecule has 0 heterocycles. The van der Waals surface area contributed by atoms with Crippen LogP contribution in [0.5, 0.6) is 5.75 Å². The van der Waals surface area contributed by atoms with Gasteiger partial charge in [-0.1, -0.05) is 6.58 Å². The van der Waals surface area contributed by atoms with Crippen LogP contribution in [0.25, 0.3) is 5.57 Å². The zero-order valence-corrected chi connectivity index (χ0v) is 13.0. The smallest absolute Gasteiger partial charge is 0.412 e. The molecule has 1 amide bonds. The van der Waals surface area contributed by atoms with E-state index in [1.807, 2.05) is 0 Å². The summed E-state index contributed by atoms with van der Waals surface area (Å²) in [5.41, 5.74) is 1.53. The maximum atomic E-state index is 11.7. The van der Waals surface area contributed by atoms with Crippen LogP contribution in [0.4, 0.5) is 10.5 Å². The summed E-state index contributed by atoms with van der Waals surface area (Å²) in [5.74, 6) is 0.942. The Morgan fingerprint density at radius 1 is 1.40 bits per heavy atom. The lowest BCUT2D eigenvalue weighted by Crippen LogP contribution is -2.27. The Bertz CT molecular complexity index is 506. The van der Waals surface area contributed by atoms with Gasteiger partial charge in [-0.3, -0.25) is 5.32 Å². The van der Waals surface area contributed by atoms with Gasteiger partial charge in [-0.2, -0.15) is 0 Å². The second-order valence-electron chi connectivity index (χ2n) is 5.28. The van der Waals surface area contributed by atoms with Gasteiger partial charge in [0.15, 0.2) is 0 Å². The third-order valence-electron chi connectivity index (χ3n) is 2.39. The largest absolute Gasteiger partial charge is 0.496 e. The molecule has 0 unspecified atom stereocenters. The normalized spacial score (nSPS) is 10.8. The van der Waals surface area contributed by atoms with Crippen LogP contribution in [0.1, 0.15) is 26.3 Å². The first kappa shape index (κ1) is 16.4. The highest BCUT2D eigenvalue weighted by Gasteiger charge is 2.17. The van der Waals surface area contributed by atoms with Gasteiger partial charge in [0, 0.05) is 17.1 Å². The predicted octanol–water partition coefficient (Wildman–Crippen LogP) is 4.29. The van der Waals surface area contributed by atoms with Crippen molar-refractivity contribution in [1.29, 1.82) is 0 Å². The quantitative estimate of drug-likeness (QED) is 0.843. The molecule has 0 atom stereocenters. The topological polar surface area (TPSA) is 47.6 Å². The SMILES string of the molecule is C=C(CCl)c1cc(NC(=O)OC(C)(C)C)ccc1OC. The number of alkyl halides is 1. The molecule has 0 aliphatic heterocycles. The van der Waals surface area contributed by atoms with E-state index in [1.54, 1.807) is 46.1 Å². The van der Waals surface area contributed by atoms with Crippen molar-refractivity contribution in [3.8, 4) is 5.75 Å². The maximum Gasteiger partial charge on any atom is 0.412 e. The number of carbonyl (C=O) groups excluding carboxylic acids is 1. The monoisotopic (exact) mass is 297 g/mol. The maximum absolute atomic E-state index is 11.7. The van der Waals surface area contributed by atoms with Crippen molar-refractivity contribution in [3.63, 3.8) is 0 Å². The molecule has 1 aromatic rings. The van der Waals surface area contributed by atoms with Crippen molar-refractivity contribution in [2.24, 2.45) is 0 Å². The minimum absolute atomic E-state index is 0.284. The number of halogens is 1. The van der Waals surface area contributed by atoms with Gasteiger partial charge in [0.25, 0.3) is 0 Å². The molecular weight excluding hydrogens is 278 g/mol. The van der Waals surface area contributed by atoms with Gasteiger partial charge in [0.1, 0.15) is 11.4 Å². The van der Waals surface area contributed by atoms with Crippen LogP contribution in [0.2, 0.25) is 0 Å². The molecule has 0 saturated heterocycles. The second-order valence-corrected chi connectivity index (χ2v) is 5.55. The first-order chi connectivity index (χ1) is 9.26. The van der Waals surface area contributed by atoms with E-state index in [4.69, 9.17) is 21.1 Å². The zero-order chi connectivity index (χ0) is 15.3. The van der Waals surface area contributed by atoms with Crippen molar-refractivity contribution in [1.82, 2.24) is 0 Å². The summed E-state index contributed by atoms with van der Waals surface area (Å²) in [5, 5.41) is 2.67. The Morgan fingerprint density at radius 2 is 2.05 bits per heavy atom. The third-order valence-corrected chi connectivity index (χ3v) is 2.71. The summed E-state index contributed by atoms with van der Waals surface area (Å²) in [6, 6.07) is 5.24. The summed E-state index contributed by atoms with van der Waals surface area (Å²) in [6.07, 6.45) is -0.509. The molecule has 0 bridgehead atoms. The highest BCUT2D eigenvalue weighted by Crippen LogP contribution is 2.29. The van der Waals surface area contributed by atoms with E-state index in [0.717, 1.165) is 11.1 Å². The summed E-state index contributed by atoms with van der Waals surface area (Å²) in [6.45, 7) is 9.30. The lowest BCUT2D eigenvalue weighted by Gasteiger charge is -2.20. The number of amides is 1. The minimum Gasteiger partial charge on any atom is -0.496 e. The molecule has 0 aromatic heterocycles. The third kappa shape index (κ3) is 4.78. The molecule has 110 valence electrons. The van der Waals surface area contributed by atoms with Crippen LogP contribution >= 0.6 is 11.6 Å². The van der Waals surface area contributed by atoms with E-state index in [2.05, 4.69) is 11.9 Å². The number of anilines is 1. The van der Waals surface area contributed by atoms with Crippen LogP contribution in [-0.4, -0.2) is 24.7 Å². The zero-order valence-electron chi connectivity index (χ0n) is 12.2. The summed E-state index contributed by atoms with van der Waals surface area (Å²) < 4.78 is 10.4. The minimum atomic E-state index is -0.543. The van der Waals surface area contributed by atoms with E-state index in [-0.39, 0.29) is 5.88 Å². The number of hydrogen-bond acceptors (Lipinski definition) is 3. The van der Waals surface area contributed by atoms with Gasteiger partial charge >= 0.3 is 6.09 Å². The Labute approximate surface area is 124 Å². The Kier molecular flexibility index (Phi) is 5.45. The van der Waals surface area contributed by atoms with Gasteiger partial charge in [0.2, 0.25) is 0 Å². The number of methoxy groups -OCH3 is 1. The highest BCUT2D eigenvalue weighted by atomic mass is 35.5. The number of nitrogens with one attached hydrogen (secondary N) is 1. The van der Waals surface area contributed by atoms with E-state index in [9.17, 15) is 4.79 Å². The fourth-order valence-corrected chi connectivity index (χ4v) is 1.70. The second kappa shape index (κ2) is 6.66. The van der Waals surface area contributed by atoms with Gasteiger partial charge in [-0.15, -0.1) is 11.6 Å². The molecule has 0 spiro atoms. The standard InChI is InChI=1S/C15H20ClNO3/c1-10(9-16)12-8-11(6-7-13(12)19-5)17-14(18)20-15(2,3)4/h6-8H,1,9H2,2-5H3,(H,17,18). The fraction of sp³-hybridized carbons (Fsp3) is 0.400. The van der Waals surface area contributed by atoms with E-state index < -0.39 is 11.7 Å². The van der Waals surface area contributed by atoms with Gasteiger partial charge in [0.05, 0.1) is 7.11 Å². The first-order valence-electron chi connectivity index (χ1n) is 6.19. The summed E-state index contributed by atoms with van der Waals surface area (Å²) in [4.78, 5) is 11.7. The van der Waals surface area contributed by atoms with E-state index in [0.29, 0.717) is 11.4 Å². The molecule has 0 fully saturated rings. The Morgan fingerprint density at radius 3 is 2.55 bits per heavy atom. The molecule has 0 aliphatic carbocycles. The van der Waals surface area contributed by atoms with E-state index in [1.165, 1.54) is 0 Å². The van der Waals surface area contributed by atoms with Crippen molar-refractivity contribution in [2.45, 2.75) is 26.4 Å². The van der Waals surface area contributed by atoms with Crippen LogP contribution in [0.15, 0.2) is 24.8 Å². The molecule has 0 radical (unpaired) electrons. The average Bonchev–Trinajstić information content (AvgIpc) is 2.35. The van der Waals surface area contributed by atoms with Gasteiger partial charge in [-0.05, 0) is 44.5 Å². The molecule has 1 rings (SSSR count). The number of carbonyl (C=O) groups is 1. The number of allylic oxidation sites excluding steroid dienone is 1. The van der Waals surface area contributed by atoms with Crippen LogP contribution in [0.3, 0.4) is 0 Å². The molecular formula is C15H20ClNO3. The predicted molar refractivity (Wildman–Crippen MR) is 82.6 cm³/mol. The van der Waals surface area contributed by atoms with Crippen LogP contribution in [0, 0.1) is 0 Å². The first-order valence-corrected chi connectivity index (χ1v) is 6.72. The molecule has 0 aliphatic rings. The Balaban J connectivity index is 2.92. The average molecular weight is 298 g/mol. The van der Waals surface area contributed by atoms with Crippen molar-refractivity contribution >= 4 is 29.0 Å². The molecule has 20 heavy (non-hydrogen) atoms. The van der Waals surface area contributed by atoms with Crippen LogP contribution in [-0.2, 0) is 4.74 Å². The highest BCUT2D eigenvalue weighted by molar-refractivity contribution is 6.23. The van der Waals surface area contributed by atoms with Crippen molar-refractivity contribution < 1.29 is 14.3 Å². The lowest BCUT2D eigenvalue weighted by atomic mass is 10.1. The van der Waals surface area contributed by atoms with Gasteiger partial charge < -0.3 is 9.47 Å². The molecule has 4 nitrogen and oxygen atoms in total. The number of hydrogen-bond donors (Lipinski definition) is 1. The van der Waals surface area contributed by atoms with Crippen LogP contribution < -0.4 is 10.1 Å². The summed E-state index contributed by atoms with van der Waals surface area (Å²) in [7, 11) is 1.57. The number of ether oxygens (including phenoxy) is 2. The van der Waals surface area contributed by atoms with Crippen molar-refractivity contribution in [3.05, 3.63) is 30.3 Å². The molecule has 1 N–H and O–H groups in total. The molecule has 5 heteroatoms. The number of rotatable bonds is 4. The summed E-state index contributed by atoms with van der Waals surface area (Å²) >= 11 is 5.79. The lowest BCUT2D eigenvalue weighted by molar-refractivity contribution is 0.0636.